The molecule has 3 aromatic rings. The van der Waals surface area contributed by atoms with Crippen molar-refractivity contribution in [2.45, 2.75) is 6.54 Å². The number of thiazole rings is 1. The van der Waals surface area contributed by atoms with E-state index in [1.54, 1.807) is 6.08 Å². The van der Waals surface area contributed by atoms with E-state index in [4.69, 9.17) is 17.3 Å². The van der Waals surface area contributed by atoms with Gasteiger partial charge in [-0.15, -0.1) is 11.3 Å². The van der Waals surface area contributed by atoms with Crippen LogP contribution >= 0.6 is 23.6 Å². The van der Waals surface area contributed by atoms with Crippen molar-refractivity contribution >= 4 is 41.3 Å². The number of aromatic hydroxyl groups is 1. The summed E-state index contributed by atoms with van der Waals surface area (Å²) in [6.07, 6.45) is 1.80. The Balaban J connectivity index is 1.83. The molecule has 0 saturated carbocycles. The first kappa shape index (κ1) is 15.7. The number of fused-ring (bicyclic) bond motifs is 3. The van der Waals surface area contributed by atoms with Gasteiger partial charge in [-0.1, -0.05) is 24.3 Å². The molecule has 0 aliphatic carbocycles. The molecule has 124 valence electrons. The first-order valence-electron chi connectivity index (χ1n) is 7.47. The molecule has 1 aliphatic rings. The number of para-hydroxylation sites is 1. The quantitative estimate of drug-likeness (QED) is 0.545. The average Bonchev–Trinajstić information content (AvgIpc) is 3.07. The fraction of sp³-hybridized carbons (Fsp3) is 0.0556. The normalized spacial score (nSPS) is 12.6. The van der Waals surface area contributed by atoms with Crippen molar-refractivity contribution in [1.82, 2.24) is 4.57 Å². The lowest BCUT2D eigenvalue weighted by Gasteiger charge is -2.00. The molecule has 0 atom stereocenters. The Morgan fingerprint density at radius 3 is 2.84 bits per heavy atom. The van der Waals surface area contributed by atoms with E-state index >= 15 is 0 Å². The van der Waals surface area contributed by atoms with Crippen molar-refractivity contribution in [2.24, 2.45) is 4.99 Å². The summed E-state index contributed by atoms with van der Waals surface area (Å²) in [5.74, 6) is -1.17. The van der Waals surface area contributed by atoms with Crippen LogP contribution in [-0.2, 0) is 11.3 Å². The zero-order valence-corrected chi connectivity index (χ0v) is 14.5. The van der Waals surface area contributed by atoms with Crippen LogP contribution in [0.15, 0.2) is 47.5 Å². The Morgan fingerprint density at radius 1 is 1.24 bits per heavy atom. The zero-order valence-electron chi connectivity index (χ0n) is 12.8. The molecule has 0 bridgehead atoms. The van der Waals surface area contributed by atoms with Crippen LogP contribution in [0.3, 0.4) is 0 Å². The summed E-state index contributed by atoms with van der Waals surface area (Å²) in [4.78, 5) is 16.0. The lowest BCUT2D eigenvalue weighted by Crippen LogP contribution is -2.09. The Hall–Kier alpha value is -2.77. The van der Waals surface area contributed by atoms with Crippen molar-refractivity contribution in [3.8, 4) is 17.0 Å². The van der Waals surface area contributed by atoms with Crippen molar-refractivity contribution in [3.63, 3.8) is 0 Å². The highest BCUT2D eigenvalue weighted by Crippen LogP contribution is 2.31. The number of aromatic nitrogens is 1. The van der Waals surface area contributed by atoms with Crippen molar-refractivity contribution in [3.05, 3.63) is 61.9 Å². The van der Waals surface area contributed by atoms with E-state index in [1.807, 2.05) is 42.5 Å². The third kappa shape index (κ3) is 2.77. The minimum Gasteiger partial charge on any atom is -0.493 e. The van der Waals surface area contributed by atoms with E-state index in [-0.39, 0.29) is 12.4 Å². The Kier molecular flexibility index (Phi) is 3.74. The number of benzene rings is 2. The predicted molar refractivity (Wildman–Crippen MR) is 98.3 cm³/mol. The van der Waals surface area contributed by atoms with Gasteiger partial charge in [-0.2, -0.15) is 0 Å². The summed E-state index contributed by atoms with van der Waals surface area (Å²) >= 11 is 6.33. The van der Waals surface area contributed by atoms with Gasteiger partial charge < -0.3 is 10.2 Å². The number of carbonyl (C=O) groups is 1. The van der Waals surface area contributed by atoms with Gasteiger partial charge in [0.1, 0.15) is 6.54 Å². The monoisotopic (exact) mass is 368 g/mol. The number of hydrogen-bond donors (Lipinski definition) is 2. The second-order valence-corrected chi connectivity index (χ2v) is 7.26. The van der Waals surface area contributed by atoms with Crippen LogP contribution in [0.4, 0.5) is 5.69 Å². The fourth-order valence-corrected chi connectivity index (χ4v) is 4.09. The smallest absolute Gasteiger partial charge is 0.323 e. The van der Waals surface area contributed by atoms with Crippen molar-refractivity contribution in [1.29, 1.82) is 0 Å². The van der Waals surface area contributed by atoms with Gasteiger partial charge in [-0.3, -0.25) is 9.36 Å². The highest BCUT2D eigenvalue weighted by atomic mass is 32.1. The second-order valence-electron chi connectivity index (χ2n) is 5.59. The summed E-state index contributed by atoms with van der Waals surface area (Å²) in [6.45, 7) is -0.356. The minimum absolute atomic E-state index is 0.122. The van der Waals surface area contributed by atoms with Crippen LogP contribution in [0.2, 0.25) is 0 Å². The molecule has 0 amide bonds. The highest BCUT2D eigenvalue weighted by molar-refractivity contribution is 7.73. The molecule has 0 radical (unpaired) electrons. The maximum Gasteiger partial charge on any atom is 0.323 e. The Labute approximate surface area is 151 Å². The minimum atomic E-state index is -1.05. The second kappa shape index (κ2) is 5.94. The largest absolute Gasteiger partial charge is 0.493 e. The molecule has 4 rings (SSSR count). The molecule has 7 heteroatoms. The van der Waals surface area contributed by atoms with Crippen LogP contribution < -0.4 is 10.6 Å². The summed E-state index contributed by atoms with van der Waals surface area (Å²) in [5, 5.41) is 21.0. The van der Waals surface area contributed by atoms with Crippen molar-refractivity contribution < 1.29 is 15.0 Å². The summed E-state index contributed by atoms with van der Waals surface area (Å²) in [6, 6.07) is 13.8. The molecule has 2 N–H and O–H groups in total. The van der Waals surface area contributed by atoms with E-state index in [9.17, 15) is 9.90 Å². The zero-order chi connectivity index (χ0) is 17.6. The van der Waals surface area contributed by atoms with Crippen LogP contribution in [-0.4, -0.2) is 20.7 Å². The van der Waals surface area contributed by atoms with E-state index in [0.29, 0.717) is 8.83 Å². The van der Waals surface area contributed by atoms with Gasteiger partial charge in [-0.05, 0) is 41.7 Å². The average molecular weight is 368 g/mol. The Morgan fingerprint density at radius 2 is 2.04 bits per heavy atom. The summed E-state index contributed by atoms with van der Waals surface area (Å²) in [7, 11) is 0. The van der Waals surface area contributed by atoms with Gasteiger partial charge in [0.25, 0.3) is 0 Å². The number of rotatable bonds is 3. The summed E-state index contributed by atoms with van der Waals surface area (Å²) < 4.78 is 1.54. The summed E-state index contributed by atoms with van der Waals surface area (Å²) in [5.41, 5.74) is 3.06. The van der Waals surface area contributed by atoms with E-state index in [1.165, 1.54) is 15.9 Å². The third-order valence-corrected chi connectivity index (χ3v) is 5.33. The van der Waals surface area contributed by atoms with Gasteiger partial charge >= 0.3 is 5.97 Å². The number of carboxylic acid groups (broad SMARTS) is 1. The molecular weight excluding hydrogens is 356 g/mol. The molecule has 0 saturated heterocycles. The molecule has 25 heavy (non-hydrogen) atoms. The predicted octanol–water partition coefficient (Wildman–Crippen LogP) is 2.83. The first-order valence-corrected chi connectivity index (χ1v) is 8.70. The molecule has 5 nitrogen and oxygen atoms in total. The van der Waals surface area contributed by atoms with Crippen LogP contribution in [0.5, 0.6) is 5.88 Å². The van der Waals surface area contributed by atoms with E-state index in [2.05, 4.69) is 4.99 Å². The van der Waals surface area contributed by atoms with Crippen molar-refractivity contribution in [2.75, 3.05) is 0 Å². The van der Waals surface area contributed by atoms with Gasteiger partial charge in [0.05, 0.1) is 15.9 Å². The van der Waals surface area contributed by atoms with Gasteiger partial charge in [-0.25, -0.2) is 4.99 Å². The number of hydrogen-bond acceptors (Lipinski definition) is 5. The molecule has 0 unspecified atom stereocenters. The highest BCUT2D eigenvalue weighted by Gasteiger charge is 2.14. The fourth-order valence-electron chi connectivity index (χ4n) is 2.82. The molecule has 2 heterocycles. The number of carboxylic acids is 1. The molecule has 0 fully saturated rings. The third-order valence-electron chi connectivity index (χ3n) is 3.94. The number of nitrogens with zero attached hydrogens (tertiary/aromatic N) is 2. The van der Waals surface area contributed by atoms with Crippen LogP contribution in [0.1, 0.15) is 4.88 Å². The molecule has 0 spiro atoms. The SMILES string of the molecule is O=C(O)Cn1c(O)c(C=c2ccc3c(c2)-c2ccccc2N=3)sc1=S. The molecule has 1 aromatic heterocycles. The molecular formula is C18H12N2O3S2. The van der Waals surface area contributed by atoms with Crippen LogP contribution in [0, 0.1) is 3.95 Å². The topological polar surface area (TPSA) is 74.8 Å². The van der Waals surface area contributed by atoms with Gasteiger partial charge in [0, 0.05) is 11.1 Å². The molecule has 1 aliphatic heterocycles. The molecule has 2 aromatic carbocycles. The van der Waals surface area contributed by atoms with Gasteiger partial charge in [0.15, 0.2) is 3.95 Å². The van der Waals surface area contributed by atoms with Gasteiger partial charge in [0.2, 0.25) is 5.88 Å². The van der Waals surface area contributed by atoms with Crippen LogP contribution in [0.25, 0.3) is 17.2 Å². The van der Waals surface area contributed by atoms with E-state index in [0.717, 1.165) is 27.4 Å². The maximum absolute atomic E-state index is 10.9. The standard InChI is InChI=1S/C18H12N2O3S2/c21-16(22)9-20-17(23)15(25-18(20)24)8-10-5-6-14-12(7-10)11-3-1-2-4-13(11)19-14/h1-8,23H,9H2,(H,21,22). The lowest BCUT2D eigenvalue weighted by molar-refractivity contribution is -0.137. The lowest BCUT2D eigenvalue weighted by atomic mass is 10.0. The van der Waals surface area contributed by atoms with E-state index < -0.39 is 5.97 Å². The Bertz CT molecular complexity index is 1190. The number of aliphatic carboxylic acids is 1. The first-order chi connectivity index (χ1) is 12.0. The maximum atomic E-state index is 10.9.